The van der Waals surface area contributed by atoms with Crippen molar-refractivity contribution in [3.63, 3.8) is 0 Å². The number of methoxy groups -OCH3 is 1. The molecule has 0 aliphatic carbocycles. The van der Waals surface area contributed by atoms with Crippen LogP contribution in [0.4, 0.5) is 19.7 Å². The number of halogens is 3. The topological polar surface area (TPSA) is 115 Å². The van der Waals surface area contributed by atoms with Gasteiger partial charge in [0.05, 0.1) is 31.2 Å². The number of aryl methyl sites for hydroxylation is 1. The number of hydrogen-bond acceptors (Lipinski definition) is 10. The molecule has 5 heterocycles. The monoisotopic (exact) mass is 561 g/mol. The van der Waals surface area contributed by atoms with Gasteiger partial charge in [-0.05, 0) is 31.9 Å². The molecule has 10 nitrogen and oxygen atoms in total. The van der Waals surface area contributed by atoms with E-state index in [9.17, 15) is 13.6 Å². The lowest BCUT2D eigenvalue weighted by Crippen LogP contribution is -2.38. The number of carbonyl (C=O) groups excluding carboxylic acids is 1. The van der Waals surface area contributed by atoms with Gasteiger partial charge in [-0.15, -0.1) is 0 Å². The Bertz CT molecular complexity index is 1480. The molecule has 0 saturated carbocycles. The van der Waals surface area contributed by atoms with Gasteiger partial charge in [0.1, 0.15) is 16.7 Å². The first kappa shape index (κ1) is 26.1. The number of aromatic nitrogens is 5. The molecule has 0 aromatic carbocycles. The van der Waals surface area contributed by atoms with Crippen molar-refractivity contribution in [2.24, 2.45) is 0 Å². The summed E-state index contributed by atoms with van der Waals surface area (Å²) in [6.07, 6.45) is 5.02. The van der Waals surface area contributed by atoms with E-state index in [1.807, 2.05) is 11.8 Å². The molecule has 1 saturated heterocycles. The number of rotatable bonds is 7. The number of alkyl halides is 2. The Kier molecular flexibility index (Phi) is 7.58. The number of anilines is 2. The molecule has 38 heavy (non-hydrogen) atoms. The highest BCUT2D eigenvalue weighted by molar-refractivity contribution is 7.21. The van der Waals surface area contributed by atoms with Crippen molar-refractivity contribution in [1.29, 1.82) is 0 Å². The Balaban J connectivity index is 1.36. The van der Waals surface area contributed by atoms with Gasteiger partial charge in [-0.3, -0.25) is 15.1 Å². The number of thiazole rings is 1. The fraction of sp³-hybridized carbons (Fsp3) is 0.333. The molecule has 1 aliphatic heterocycles. The van der Waals surface area contributed by atoms with Crippen LogP contribution in [0.2, 0.25) is 5.15 Å². The molecule has 0 radical (unpaired) electrons. The average molecular weight is 562 g/mol. The minimum absolute atomic E-state index is 0.256. The van der Waals surface area contributed by atoms with Gasteiger partial charge < -0.3 is 14.4 Å². The van der Waals surface area contributed by atoms with E-state index in [0.717, 1.165) is 0 Å². The Hall–Kier alpha value is -3.55. The molecule has 1 fully saturated rings. The molecule has 1 N–H and O–H groups in total. The smallest absolute Gasteiger partial charge is 0.345 e. The first-order valence-electron chi connectivity index (χ1n) is 11.6. The SMILES string of the molecule is COc1cnc(Cl)cc1-c1cc(C)ncc1C(=O)Nc1nc2ncc(N3CCC(OC(F)F)CC3)nc2s1. The molecule has 0 bridgehead atoms. The Labute approximate surface area is 225 Å². The molecular formula is C24H22ClF2N7O3S. The van der Waals surface area contributed by atoms with Gasteiger partial charge in [-0.2, -0.15) is 13.8 Å². The van der Waals surface area contributed by atoms with Crippen molar-refractivity contribution in [3.05, 3.63) is 47.1 Å². The lowest BCUT2D eigenvalue weighted by atomic mass is 10.0. The molecule has 1 aliphatic rings. The third kappa shape index (κ3) is 5.64. The van der Waals surface area contributed by atoms with Crippen LogP contribution in [0, 0.1) is 6.92 Å². The summed E-state index contributed by atoms with van der Waals surface area (Å²) in [6, 6.07) is 3.40. The normalized spacial score (nSPS) is 14.3. The van der Waals surface area contributed by atoms with Crippen molar-refractivity contribution in [2.45, 2.75) is 32.5 Å². The first-order valence-corrected chi connectivity index (χ1v) is 12.8. The van der Waals surface area contributed by atoms with Gasteiger partial charge in [0.2, 0.25) is 0 Å². The lowest BCUT2D eigenvalue weighted by Gasteiger charge is -2.32. The highest BCUT2D eigenvalue weighted by Gasteiger charge is 2.24. The Morgan fingerprint density at radius 2 is 1.92 bits per heavy atom. The van der Waals surface area contributed by atoms with Gasteiger partial charge >= 0.3 is 6.61 Å². The van der Waals surface area contributed by atoms with Crippen LogP contribution in [-0.4, -0.2) is 63.7 Å². The summed E-state index contributed by atoms with van der Waals surface area (Å²) in [7, 11) is 1.51. The maximum absolute atomic E-state index is 13.3. The fourth-order valence-electron chi connectivity index (χ4n) is 4.20. The minimum Gasteiger partial charge on any atom is -0.494 e. The molecule has 14 heteroatoms. The van der Waals surface area contributed by atoms with Gasteiger partial charge in [-0.25, -0.2) is 15.0 Å². The van der Waals surface area contributed by atoms with Gasteiger partial charge in [0.25, 0.3) is 5.91 Å². The maximum Gasteiger partial charge on any atom is 0.345 e. The zero-order chi connectivity index (χ0) is 26.8. The quantitative estimate of drug-likeness (QED) is 0.312. The molecule has 198 valence electrons. The number of ether oxygens (including phenoxy) is 2. The zero-order valence-electron chi connectivity index (χ0n) is 20.3. The van der Waals surface area contributed by atoms with E-state index >= 15 is 0 Å². The average Bonchev–Trinajstić information content (AvgIpc) is 3.30. The first-order chi connectivity index (χ1) is 18.3. The zero-order valence-corrected chi connectivity index (χ0v) is 21.9. The molecule has 0 atom stereocenters. The number of fused-ring (bicyclic) bond motifs is 1. The molecule has 4 aromatic rings. The molecule has 1 amide bonds. The number of amides is 1. The molecule has 0 unspecified atom stereocenters. The van der Waals surface area contributed by atoms with E-state index in [1.54, 1.807) is 18.3 Å². The standard InChI is InChI=1S/C24H22ClF2N7O3S/c1-12-7-14(15-8-18(25)29-10-17(15)36-2)16(9-28-12)21(35)33-24-32-20-22(38-24)31-19(11-30-20)34-5-3-13(4-6-34)37-23(26)27/h7-11,13,23H,3-6H2,1-2H3,(H,30,32,33,35). The van der Waals surface area contributed by atoms with E-state index < -0.39 is 18.6 Å². The van der Waals surface area contributed by atoms with E-state index in [0.29, 0.717) is 75.5 Å². The highest BCUT2D eigenvalue weighted by atomic mass is 35.5. The van der Waals surface area contributed by atoms with Crippen molar-refractivity contribution in [2.75, 3.05) is 30.4 Å². The van der Waals surface area contributed by atoms with E-state index in [1.165, 1.54) is 30.8 Å². The second-order valence-corrected chi connectivity index (χ2v) is 9.86. The third-order valence-corrected chi connectivity index (χ3v) is 7.08. The second kappa shape index (κ2) is 11.1. The van der Waals surface area contributed by atoms with Crippen LogP contribution in [0.15, 0.2) is 30.7 Å². The number of nitrogens with one attached hydrogen (secondary N) is 1. The van der Waals surface area contributed by atoms with Crippen molar-refractivity contribution in [1.82, 2.24) is 24.9 Å². The summed E-state index contributed by atoms with van der Waals surface area (Å²) < 4.78 is 35.0. The number of pyridine rings is 2. The van der Waals surface area contributed by atoms with Crippen LogP contribution in [-0.2, 0) is 4.74 Å². The predicted octanol–water partition coefficient (Wildman–Crippen LogP) is 4.97. The van der Waals surface area contributed by atoms with Gasteiger partial charge in [-0.1, -0.05) is 22.9 Å². The van der Waals surface area contributed by atoms with Crippen molar-refractivity contribution in [3.8, 4) is 16.9 Å². The van der Waals surface area contributed by atoms with E-state index in [4.69, 9.17) is 16.3 Å². The Morgan fingerprint density at radius 3 is 2.66 bits per heavy atom. The summed E-state index contributed by atoms with van der Waals surface area (Å²) in [5, 5.41) is 3.38. The van der Waals surface area contributed by atoms with Crippen LogP contribution >= 0.6 is 22.9 Å². The van der Waals surface area contributed by atoms with Crippen LogP contribution in [0.5, 0.6) is 5.75 Å². The largest absolute Gasteiger partial charge is 0.494 e. The van der Waals surface area contributed by atoms with Gasteiger partial charge in [0.15, 0.2) is 15.6 Å². The van der Waals surface area contributed by atoms with Crippen LogP contribution in [0.1, 0.15) is 28.9 Å². The summed E-state index contributed by atoms with van der Waals surface area (Å²) in [4.78, 5) is 37.5. The van der Waals surface area contributed by atoms with Crippen LogP contribution in [0.3, 0.4) is 0 Å². The van der Waals surface area contributed by atoms with E-state index in [2.05, 4.69) is 35.0 Å². The summed E-state index contributed by atoms with van der Waals surface area (Å²) >= 11 is 7.30. The molecule has 4 aromatic heterocycles. The minimum atomic E-state index is -2.77. The van der Waals surface area contributed by atoms with Crippen molar-refractivity contribution >= 4 is 50.3 Å². The summed E-state index contributed by atoms with van der Waals surface area (Å²) in [5.41, 5.74) is 2.57. The summed E-state index contributed by atoms with van der Waals surface area (Å²) in [6.45, 7) is 0.0824. The Morgan fingerprint density at radius 1 is 1.13 bits per heavy atom. The summed E-state index contributed by atoms with van der Waals surface area (Å²) in [5.74, 6) is 0.642. The van der Waals surface area contributed by atoms with Crippen LogP contribution in [0.25, 0.3) is 21.6 Å². The fourth-order valence-corrected chi connectivity index (χ4v) is 5.15. The predicted molar refractivity (Wildman–Crippen MR) is 139 cm³/mol. The second-order valence-electron chi connectivity index (χ2n) is 8.49. The van der Waals surface area contributed by atoms with Crippen LogP contribution < -0.4 is 15.0 Å². The van der Waals surface area contributed by atoms with E-state index in [-0.39, 0.29) is 5.15 Å². The third-order valence-electron chi connectivity index (χ3n) is 6.02. The molecule has 0 spiro atoms. The maximum atomic E-state index is 13.3. The van der Waals surface area contributed by atoms with Crippen molar-refractivity contribution < 1.29 is 23.0 Å². The lowest BCUT2D eigenvalue weighted by molar-refractivity contribution is -0.166. The number of nitrogens with zero attached hydrogens (tertiary/aromatic N) is 6. The number of piperidine rings is 1. The number of hydrogen-bond donors (Lipinski definition) is 1. The highest BCUT2D eigenvalue weighted by Crippen LogP contribution is 2.34. The molecule has 5 rings (SSSR count). The van der Waals surface area contributed by atoms with Gasteiger partial charge in [0, 0.05) is 36.1 Å². The molecular weight excluding hydrogens is 540 g/mol. The number of carbonyl (C=O) groups is 1.